The molecule has 0 unspecified atom stereocenters. The van der Waals surface area contributed by atoms with Gasteiger partial charge in [-0.25, -0.2) is 4.98 Å². The molecule has 1 saturated heterocycles. The summed E-state index contributed by atoms with van der Waals surface area (Å²) in [6.07, 6.45) is 1.83. The van der Waals surface area contributed by atoms with E-state index in [9.17, 15) is 0 Å². The summed E-state index contributed by atoms with van der Waals surface area (Å²) >= 11 is 0. The number of hydrogen-bond acceptors (Lipinski definition) is 6. The molecule has 3 aromatic rings. The third-order valence-corrected chi connectivity index (χ3v) is 5.24. The Morgan fingerprint density at radius 1 is 0.897 bits per heavy atom. The Morgan fingerprint density at radius 3 is 2.28 bits per heavy atom. The van der Waals surface area contributed by atoms with Crippen molar-refractivity contribution >= 4 is 17.5 Å². The van der Waals surface area contributed by atoms with Gasteiger partial charge in [-0.1, -0.05) is 29.8 Å². The Kier molecular flexibility index (Phi) is 5.79. The lowest BCUT2D eigenvalue weighted by Crippen LogP contribution is -2.47. The van der Waals surface area contributed by atoms with Gasteiger partial charge < -0.3 is 19.9 Å². The second kappa shape index (κ2) is 8.82. The van der Waals surface area contributed by atoms with Crippen LogP contribution in [-0.2, 0) is 6.54 Å². The predicted molar refractivity (Wildman–Crippen MR) is 118 cm³/mol. The Bertz CT molecular complexity index is 919. The molecule has 0 saturated carbocycles. The van der Waals surface area contributed by atoms with Crippen LogP contribution >= 0.6 is 0 Å². The van der Waals surface area contributed by atoms with Crippen molar-refractivity contribution in [3.05, 3.63) is 71.9 Å². The maximum Gasteiger partial charge on any atom is 0.227 e. The number of methoxy groups -OCH3 is 1. The first-order valence-corrected chi connectivity index (χ1v) is 9.98. The van der Waals surface area contributed by atoms with Crippen LogP contribution in [0, 0.1) is 6.92 Å². The van der Waals surface area contributed by atoms with Crippen molar-refractivity contribution < 1.29 is 4.74 Å². The number of anilines is 3. The number of aromatic nitrogens is 2. The number of nitrogens with one attached hydrogen (secondary N) is 1. The van der Waals surface area contributed by atoms with Gasteiger partial charge in [0.05, 0.1) is 7.11 Å². The summed E-state index contributed by atoms with van der Waals surface area (Å²) in [6, 6.07) is 18.7. The summed E-state index contributed by atoms with van der Waals surface area (Å²) in [4.78, 5) is 13.8. The minimum absolute atomic E-state index is 0.752. The molecule has 2 heterocycles. The van der Waals surface area contributed by atoms with Gasteiger partial charge in [0, 0.05) is 44.6 Å². The monoisotopic (exact) mass is 389 g/mol. The van der Waals surface area contributed by atoms with Crippen LogP contribution in [0.4, 0.5) is 17.5 Å². The molecule has 2 aromatic carbocycles. The van der Waals surface area contributed by atoms with E-state index < -0.39 is 0 Å². The van der Waals surface area contributed by atoms with E-state index in [2.05, 4.69) is 63.4 Å². The molecule has 29 heavy (non-hydrogen) atoms. The average Bonchev–Trinajstić information content (AvgIpc) is 2.79. The van der Waals surface area contributed by atoms with Gasteiger partial charge >= 0.3 is 0 Å². The van der Waals surface area contributed by atoms with E-state index in [-0.39, 0.29) is 0 Å². The standard InChI is InChI=1S/C23H27N5O/c1-18-3-5-19(6-4-18)17-25-22-11-12-24-23(26-22)28-15-13-27(14-16-28)20-7-9-21(29-2)10-8-20/h3-12H,13-17H2,1-2H3,(H,24,25,26). The Balaban J connectivity index is 1.34. The highest BCUT2D eigenvalue weighted by atomic mass is 16.5. The molecule has 6 nitrogen and oxygen atoms in total. The van der Waals surface area contributed by atoms with Crippen LogP contribution in [0.1, 0.15) is 11.1 Å². The van der Waals surface area contributed by atoms with Crippen molar-refractivity contribution in [2.75, 3.05) is 48.4 Å². The molecule has 1 aliphatic rings. The maximum atomic E-state index is 5.25. The molecule has 0 radical (unpaired) electrons. The zero-order valence-corrected chi connectivity index (χ0v) is 17.0. The average molecular weight is 390 g/mol. The molecule has 0 bridgehead atoms. The summed E-state index contributed by atoms with van der Waals surface area (Å²) in [6.45, 7) is 6.53. The molecule has 6 heteroatoms. The van der Waals surface area contributed by atoms with Gasteiger partial charge in [0.15, 0.2) is 0 Å². The maximum absolute atomic E-state index is 5.25. The number of nitrogens with zero attached hydrogens (tertiary/aromatic N) is 4. The van der Waals surface area contributed by atoms with Gasteiger partial charge in [-0.15, -0.1) is 0 Å². The number of rotatable bonds is 6. The van der Waals surface area contributed by atoms with Gasteiger partial charge in [0.25, 0.3) is 0 Å². The first-order chi connectivity index (χ1) is 14.2. The Morgan fingerprint density at radius 2 is 1.59 bits per heavy atom. The highest BCUT2D eigenvalue weighted by Crippen LogP contribution is 2.22. The van der Waals surface area contributed by atoms with E-state index >= 15 is 0 Å². The number of hydrogen-bond donors (Lipinski definition) is 1. The van der Waals surface area contributed by atoms with Gasteiger partial charge in [0.2, 0.25) is 5.95 Å². The highest BCUT2D eigenvalue weighted by Gasteiger charge is 2.19. The van der Waals surface area contributed by atoms with Crippen molar-refractivity contribution in [2.24, 2.45) is 0 Å². The summed E-state index contributed by atoms with van der Waals surface area (Å²) < 4.78 is 5.25. The summed E-state index contributed by atoms with van der Waals surface area (Å²) in [7, 11) is 1.69. The van der Waals surface area contributed by atoms with Crippen LogP contribution in [0.2, 0.25) is 0 Å². The number of aryl methyl sites for hydroxylation is 1. The minimum atomic E-state index is 0.752. The molecule has 4 rings (SSSR count). The number of ether oxygens (including phenoxy) is 1. The Hall–Kier alpha value is -3.28. The van der Waals surface area contributed by atoms with Crippen LogP contribution < -0.4 is 19.9 Å². The molecule has 1 N–H and O–H groups in total. The molecular weight excluding hydrogens is 362 g/mol. The van der Waals surface area contributed by atoms with Crippen molar-refractivity contribution in [1.82, 2.24) is 9.97 Å². The fraction of sp³-hybridized carbons (Fsp3) is 0.304. The molecule has 1 aromatic heterocycles. The van der Waals surface area contributed by atoms with E-state index in [4.69, 9.17) is 9.72 Å². The third kappa shape index (κ3) is 4.77. The fourth-order valence-electron chi connectivity index (χ4n) is 3.46. The van der Waals surface area contributed by atoms with Crippen molar-refractivity contribution in [3.8, 4) is 5.75 Å². The largest absolute Gasteiger partial charge is 0.497 e. The predicted octanol–water partition coefficient (Wildman–Crippen LogP) is 3.73. The molecule has 1 fully saturated rings. The van der Waals surface area contributed by atoms with Crippen LogP contribution in [0.25, 0.3) is 0 Å². The smallest absolute Gasteiger partial charge is 0.227 e. The molecular formula is C23H27N5O. The van der Waals surface area contributed by atoms with Gasteiger partial charge in [-0.05, 0) is 42.8 Å². The third-order valence-electron chi connectivity index (χ3n) is 5.24. The van der Waals surface area contributed by atoms with E-state index in [1.807, 2.05) is 24.4 Å². The molecule has 0 atom stereocenters. The zero-order chi connectivity index (χ0) is 20.1. The van der Waals surface area contributed by atoms with E-state index in [0.717, 1.165) is 50.2 Å². The van der Waals surface area contributed by atoms with Gasteiger partial charge in [-0.3, -0.25) is 0 Å². The Labute approximate surface area is 172 Å². The topological polar surface area (TPSA) is 53.5 Å². The first kappa shape index (κ1) is 19.1. The molecule has 0 spiro atoms. The fourth-order valence-corrected chi connectivity index (χ4v) is 3.46. The number of piperazine rings is 1. The van der Waals surface area contributed by atoms with Crippen LogP contribution in [0.5, 0.6) is 5.75 Å². The lowest BCUT2D eigenvalue weighted by atomic mass is 10.1. The van der Waals surface area contributed by atoms with Gasteiger partial charge in [-0.2, -0.15) is 4.98 Å². The lowest BCUT2D eigenvalue weighted by Gasteiger charge is -2.36. The first-order valence-electron chi connectivity index (χ1n) is 9.98. The van der Waals surface area contributed by atoms with E-state index in [0.29, 0.717) is 0 Å². The second-order valence-corrected chi connectivity index (χ2v) is 7.25. The van der Waals surface area contributed by atoms with Crippen LogP contribution in [-0.4, -0.2) is 43.3 Å². The molecule has 0 amide bonds. The second-order valence-electron chi connectivity index (χ2n) is 7.25. The SMILES string of the molecule is COc1ccc(N2CCN(c3nccc(NCc4ccc(C)cc4)n3)CC2)cc1. The van der Waals surface area contributed by atoms with Crippen LogP contribution in [0.3, 0.4) is 0 Å². The van der Waals surface area contributed by atoms with Crippen molar-refractivity contribution in [3.63, 3.8) is 0 Å². The molecule has 1 aliphatic heterocycles. The summed E-state index contributed by atoms with van der Waals surface area (Å²) in [5.74, 6) is 2.53. The van der Waals surface area contributed by atoms with Crippen molar-refractivity contribution in [2.45, 2.75) is 13.5 Å². The summed E-state index contributed by atoms with van der Waals surface area (Å²) in [5, 5.41) is 3.41. The quantitative estimate of drug-likeness (QED) is 0.693. The molecule has 0 aliphatic carbocycles. The normalized spacial score (nSPS) is 14.0. The highest BCUT2D eigenvalue weighted by molar-refractivity contribution is 5.51. The summed E-state index contributed by atoms with van der Waals surface area (Å²) in [5.41, 5.74) is 3.73. The van der Waals surface area contributed by atoms with Crippen molar-refractivity contribution in [1.29, 1.82) is 0 Å². The van der Waals surface area contributed by atoms with Gasteiger partial charge in [0.1, 0.15) is 11.6 Å². The zero-order valence-electron chi connectivity index (χ0n) is 17.0. The van der Waals surface area contributed by atoms with E-state index in [1.165, 1.54) is 16.8 Å². The molecule has 150 valence electrons. The van der Waals surface area contributed by atoms with Crippen LogP contribution in [0.15, 0.2) is 60.8 Å². The minimum Gasteiger partial charge on any atom is -0.497 e. The van der Waals surface area contributed by atoms with E-state index in [1.54, 1.807) is 7.11 Å². The lowest BCUT2D eigenvalue weighted by molar-refractivity contribution is 0.415. The number of benzene rings is 2.